The second-order valence-electron chi connectivity index (χ2n) is 6.68. The molecule has 2 aliphatic rings. The quantitative estimate of drug-likeness (QED) is 0.856. The van der Waals surface area contributed by atoms with Gasteiger partial charge in [-0.3, -0.25) is 4.79 Å². The van der Waals surface area contributed by atoms with Crippen LogP contribution in [0.25, 0.3) is 0 Å². The number of carbonyl (C=O) groups is 1. The number of halogens is 1. The summed E-state index contributed by atoms with van der Waals surface area (Å²) in [4.78, 5) is 14.0. The van der Waals surface area contributed by atoms with E-state index in [4.69, 9.17) is 0 Å². The maximum absolute atomic E-state index is 12.5. The highest BCUT2D eigenvalue weighted by atomic mass is 35.5. The van der Waals surface area contributed by atoms with Crippen LogP contribution in [0.4, 0.5) is 5.00 Å². The molecule has 2 aromatic heterocycles. The van der Waals surface area contributed by atoms with Gasteiger partial charge >= 0.3 is 0 Å². The minimum Gasteiger partial charge on any atom is -0.317 e. The van der Waals surface area contributed by atoms with Crippen LogP contribution in [0.15, 0.2) is 6.20 Å². The maximum atomic E-state index is 12.5. The normalized spacial score (nSPS) is 17.6. The van der Waals surface area contributed by atoms with Crippen LogP contribution < -0.4 is 10.6 Å². The van der Waals surface area contributed by atoms with E-state index in [1.165, 1.54) is 28.8 Å². The van der Waals surface area contributed by atoms with Crippen LogP contribution in [0.5, 0.6) is 0 Å². The number of aromatic nitrogens is 3. The van der Waals surface area contributed by atoms with Crippen molar-refractivity contribution in [2.75, 3.05) is 18.4 Å². The molecule has 0 bridgehead atoms. The fraction of sp³-hybridized carbons (Fsp3) is 0.588. The zero-order valence-electron chi connectivity index (χ0n) is 14.4. The molecule has 0 atom stereocenters. The summed E-state index contributed by atoms with van der Waals surface area (Å²) < 4.78 is 1.85. The number of nitrogens with one attached hydrogen (secondary N) is 2. The molecule has 1 aliphatic carbocycles. The van der Waals surface area contributed by atoms with E-state index in [1.807, 2.05) is 4.68 Å². The Balaban J connectivity index is 0.00000182. The van der Waals surface area contributed by atoms with Crippen LogP contribution in [0.1, 0.15) is 58.2 Å². The summed E-state index contributed by atoms with van der Waals surface area (Å²) in [6.07, 6.45) is 8.63. The molecule has 6 nitrogen and oxygen atoms in total. The fourth-order valence-electron chi connectivity index (χ4n) is 3.64. The van der Waals surface area contributed by atoms with Gasteiger partial charge in [0.15, 0.2) is 5.69 Å². The fourth-order valence-corrected chi connectivity index (χ4v) is 4.93. The zero-order valence-corrected chi connectivity index (χ0v) is 16.0. The summed E-state index contributed by atoms with van der Waals surface area (Å²) in [7, 11) is 0. The lowest BCUT2D eigenvalue weighted by molar-refractivity contribution is 0.102. The van der Waals surface area contributed by atoms with Gasteiger partial charge in [-0.2, -0.15) is 0 Å². The molecule has 4 rings (SSSR count). The van der Waals surface area contributed by atoms with Crippen LogP contribution in [-0.2, 0) is 12.8 Å². The van der Waals surface area contributed by atoms with Crippen LogP contribution in [0.2, 0.25) is 0 Å². The van der Waals surface area contributed by atoms with Crippen LogP contribution in [0, 0.1) is 6.92 Å². The first-order chi connectivity index (χ1) is 11.7. The molecule has 0 unspecified atom stereocenters. The van der Waals surface area contributed by atoms with Crippen molar-refractivity contribution in [3.63, 3.8) is 0 Å². The van der Waals surface area contributed by atoms with E-state index in [1.54, 1.807) is 17.5 Å². The Hall–Kier alpha value is -1.44. The largest absolute Gasteiger partial charge is 0.317 e. The highest BCUT2D eigenvalue weighted by molar-refractivity contribution is 7.16. The average molecular weight is 382 g/mol. The predicted octanol–water partition coefficient (Wildman–Crippen LogP) is 3.13. The monoisotopic (exact) mass is 381 g/mol. The number of thiophene rings is 1. The maximum Gasteiger partial charge on any atom is 0.278 e. The first-order valence-electron chi connectivity index (χ1n) is 8.77. The highest BCUT2D eigenvalue weighted by Gasteiger charge is 2.22. The lowest BCUT2D eigenvalue weighted by atomic mass is 9.96. The number of amides is 1. The lowest BCUT2D eigenvalue weighted by Gasteiger charge is -2.22. The van der Waals surface area contributed by atoms with Gasteiger partial charge in [-0.05, 0) is 69.7 Å². The van der Waals surface area contributed by atoms with E-state index >= 15 is 0 Å². The van der Waals surface area contributed by atoms with Gasteiger partial charge in [0.25, 0.3) is 5.91 Å². The number of carbonyl (C=O) groups excluding carboxylic acids is 1. The van der Waals surface area contributed by atoms with E-state index < -0.39 is 0 Å². The van der Waals surface area contributed by atoms with Crippen molar-refractivity contribution in [3.8, 4) is 0 Å². The number of anilines is 1. The molecule has 1 amide bonds. The van der Waals surface area contributed by atoms with E-state index in [-0.39, 0.29) is 18.3 Å². The number of rotatable bonds is 3. The summed E-state index contributed by atoms with van der Waals surface area (Å²) in [5.41, 5.74) is 3.08. The van der Waals surface area contributed by atoms with Gasteiger partial charge in [0.1, 0.15) is 0 Å². The summed E-state index contributed by atoms with van der Waals surface area (Å²) in [6.45, 7) is 4.10. The molecule has 0 radical (unpaired) electrons. The number of hydrogen-bond donors (Lipinski definition) is 2. The number of nitrogens with zero attached hydrogens (tertiary/aromatic N) is 3. The third kappa shape index (κ3) is 3.73. The van der Waals surface area contributed by atoms with Crippen molar-refractivity contribution in [1.29, 1.82) is 0 Å². The van der Waals surface area contributed by atoms with Gasteiger partial charge in [0, 0.05) is 4.88 Å². The average Bonchev–Trinajstić information content (AvgIpc) is 3.22. The van der Waals surface area contributed by atoms with Gasteiger partial charge in [-0.15, -0.1) is 28.8 Å². The van der Waals surface area contributed by atoms with Crippen LogP contribution in [-0.4, -0.2) is 34.0 Å². The number of piperidine rings is 1. The Morgan fingerprint density at radius 2 is 2.08 bits per heavy atom. The Morgan fingerprint density at radius 1 is 1.32 bits per heavy atom. The lowest BCUT2D eigenvalue weighted by Crippen LogP contribution is -2.29. The summed E-state index contributed by atoms with van der Waals surface area (Å²) in [5, 5.41) is 15.6. The first-order valence-corrected chi connectivity index (χ1v) is 9.59. The van der Waals surface area contributed by atoms with Crippen molar-refractivity contribution in [1.82, 2.24) is 20.3 Å². The van der Waals surface area contributed by atoms with Gasteiger partial charge in [0.05, 0.1) is 17.2 Å². The van der Waals surface area contributed by atoms with Crippen molar-refractivity contribution in [3.05, 3.63) is 27.9 Å². The summed E-state index contributed by atoms with van der Waals surface area (Å²) >= 11 is 1.72. The molecular formula is C17H24ClN5OS. The molecule has 1 fully saturated rings. The number of fused-ring (bicyclic) bond motifs is 1. The van der Waals surface area contributed by atoms with E-state index in [0.29, 0.717) is 11.7 Å². The third-order valence-electron chi connectivity index (χ3n) is 5.09. The Kier molecular flexibility index (Phi) is 5.76. The SMILES string of the molecule is Cc1c(NC(=O)c2cn(C3CCNCC3)nn2)sc2c1CCCC2.Cl. The molecular weight excluding hydrogens is 358 g/mol. The van der Waals surface area contributed by atoms with Crippen molar-refractivity contribution >= 4 is 34.7 Å². The minimum absolute atomic E-state index is 0. The Labute approximate surface area is 157 Å². The highest BCUT2D eigenvalue weighted by Crippen LogP contribution is 2.37. The second kappa shape index (κ2) is 7.85. The molecule has 2 aromatic rings. The minimum atomic E-state index is -0.156. The number of aryl methyl sites for hydroxylation is 1. The van der Waals surface area contributed by atoms with E-state index in [2.05, 4.69) is 27.9 Å². The molecule has 0 saturated carbocycles. The molecule has 3 heterocycles. The van der Waals surface area contributed by atoms with Crippen LogP contribution in [0.3, 0.4) is 0 Å². The first kappa shape index (κ1) is 18.4. The third-order valence-corrected chi connectivity index (χ3v) is 6.40. The van der Waals surface area contributed by atoms with Gasteiger partial charge < -0.3 is 10.6 Å². The Morgan fingerprint density at radius 3 is 2.84 bits per heavy atom. The molecule has 0 spiro atoms. The van der Waals surface area contributed by atoms with Gasteiger partial charge in [-0.1, -0.05) is 5.21 Å². The molecule has 25 heavy (non-hydrogen) atoms. The van der Waals surface area contributed by atoms with E-state index in [9.17, 15) is 4.79 Å². The molecule has 1 aliphatic heterocycles. The molecule has 2 N–H and O–H groups in total. The molecule has 136 valence electrons. The molecule has 1 saturated heterocycles. The van der Waals surface area contributed by atoms with Crippen molar-refractivity contribution in [2.45, 2.75) is 51.5 Å². The smallest absolute Gasteiger partial charge is 0.278 e. The standard InChI is InChI=1S/C17H23N5OS.ClH/c1-11-13-4-2-3-5-15(13)24-17(11)19-16(23)14-10-22(21-20-14)12-6-8-18-9-7-12;/h10,12,18H,2-9H2,1H3,(H,19,23);1H. The van der Waals surface area contributed by atoms with Crippen molar-refractivity contribution < 1.29 is 4.79 Å². The summed E-state index contributed by atoms with van der Waals surface area (Å²) in [6, 6.07) is 0.344. The zero-order chi connectivity index (χ0) is 16.5. The number of hydrogen-bond acceptors (Lipinski definition) is 5. The Bertz CT molecular complexity index is 750. The van der Waals surface area contributed by atoms with Crippen LogP contribution >= 0.6 is 23.7 Å². The van der Waals surface area contributed by atoms with Gasteiger partial charge in [-0.25, -0.2) is 4.68 Å². The topological polar surface area (TPSA) is 71.8 Å². The summed E-state index contributed by atoms with van der Waals surface area (Å²) in [5.74, 6) is -0.156. The molecule has 8 heteroatoms. The van der Waals surface area contributed by atoms with Gasteiger partial charge in [0.2, 0.25) is 0 Å². The molecule has 0 aromatic carbocycles. The predicted molar refractivity (Wildman–Crippen MR) is 102 cm³/mol. The van der Waals surface area contributed by atoms with E-state index in [0.717, 1.165) is 43.8 Å². The van der Waals surface area contributed by atoms with Crippen molar-refractivity contribution in [2.24, 2.45) is 0 Å². The second-order valence-corrected chi connectivity index (χ2v) is 7.79.